The van der Waals surface area contributed by atoms with Gasteiger partial charge >= 0.3 is 5.97 Å². The Labute approximate surface area is 153 Å². The quantitative estimate of drug-likeness (QED) is 0.559. The Morgan fingerprint density at radius 3 is 2.60 bits per heavy atom. The van der Waals surface area contributed by atoms with E-state index in [1.54, 1.807) is 6.08 Å². The van der Waals surface area contributed by atoms with E-state index < -0.39 is 5.60 Å². The van der Waals surface area contributed by atoms with Gasteiger partial charge in [0, 0.05) is 12.3 Å². The third kappa shape index (κ3) is 3.86. The first-order valence-electron chi connectivity index (χ1n) is 9.65. The average Bonchev–Trinajstić information content (AvgIpc) is 2.49. The topological polar surface area (TPSA) is 46.5 Å². The summed E-state index contributed by atoms with van der Waals surface area (Å²) >= 11 is 0. The zero-order valence-electron chi connectivity index (χ0n) is 16.7. The van der Waals surface area contributed by atoms with Crippen molar-refractivity contribution in [3.8, 4) is 0 Å². The molecule has 0 saturated heterocycles. The first kappa shape index (κ1) is 20.2. The summed E-state index contributed by atoms with van der Waals surface area (Å²) < 4.78 is 5.68. The van der Waals surface area contributed by atoms with E-state index in [0.717, 1.165) is 32.1 Å². The lowest BCUT2D eigenvalue weighted by atomic mass is 9.46. The summed E-state index contributed by atoms with van der Waals surface area (Å²) in [6.07, 6.45) is 7.34. The maximum absolute atomic E-state index is 11.5. The summed E-state index contributed by atoms with van der Waals surface area (Å²) in [6.45, 7) is 18.4. The second kappa shape index (κ2) is 6.90. The number of ether oxygens (including phenoxy) is 1. The highest BCUT2D eigenvalue weighted by Gasteiger charge is 2.57. The molecule has 5 atom stereocenters. The van der Waals surface area contributed by atoms with Crippen LogP contribution in [0.15, 0.2) is 24.8 Å². The van der Waals surface area contributed by atoms with Crippen molar-refractivity contribution in [1.82, 2.24) is 0 Å². The lowest BCUT2D eigenvalue weighted by molar-refractivity contribution is -0.174. The standard InChI is InChI=1S/C22H36O3/c1-8-21(6,24)13-11-17-15(2)9-10-18-20(4,5)19(25-16(3)23)12-14-22(17,18)7/h8,17-19,24H,1-2,9-14H2,3-7H3/t17-,18-,19-,21-,22+/m0/s1. The highest BCUT2D eigenvalue weighted by atomic mass is 16.5. The van der Waals surface area contributed by atoms with Crippen LogP contribution in [0.25, 0.3) is 0 Å². The molecule has 0 heterocycles. The van der Waals surface area contributed by atoms with E-state index in [4.69, 9.17) is 4.74 Å². The van der Waals surface area contributed by atoms with Crippen LogP contribution < -0.4 is 0 Å². The van der Waals surface area contributed by atoms with Crippen molar-refractivity contribution in [3.63, 3.8) is 0 Å². The number of fused-ring (bicyclic) bond motifs is 1. The van der Waals surface area contributed by atoms with E-state index in [1.807, 2.05) is 6.92 Å². The summed E-state index contributed by atoms with van der Waals surface area (Å²) in [7, 11) is 0. The van der Waals surface area contributed by atoms with E-state index in [-0.39, 0.29) is 22.9 Å². The van der Waals surface area contributed by atoms with E-state index in [9.17, 15) is 9.90 Å². The van der Waals surface area contributed by atoms with Gasteiger partial charge in [-0.25, -0.2) is 0 Å². The van der Waals surface area contributed by atoms with E-state index in [0.29, 0.717) is 18.3 Å². The number of hydrogen-bond acceptors (Lipinski definition) is 3. The van der Waals surface area contributed by atoms with Crippen LogP contribution >= 0.6 is 0 Å². The molecular weight excluding hydrogens is 312 g/mol. The molecule has 2 fully saturated rings. The first-order chi connectivity index (χ1) is 11.4. The van der Waals surface area contributed by atoms with Gasteiger partial charge in [0.05, 0.1) is 5.60 Å². The van der Waals surface area contributed by atoms with Gasteiger partial charge < -0.3 is 9.84 Å². The molecule has 142 valence electrons. The number of aliphatic hydroxyl groups is 1. The van der Waals surface area contributed by atoms with Gasteiger partial charge in [0.2, 0.25) is 0 Å². The lowest BCUT2D eigenvalue weighted by Gasteiger charge is -2.60. The Morgan fingerprint density at radius 1 is 1.40 bits per heavy atom. The molecule has 0 spiro atoms. The largest absolute Gasteiger partial charge is 0.462 e. The second-order valence-corrected chi connectivity index (χ2v) is 9.37. The van der Waals surface area contributed by atoms with Crippen molar-refractivity contribution >= 4 is 5.97 Å². The summed E-state index contributed by atoms with van der Waals surface area (Å²) in [6, 6.07) is 0. The molecule has 0 unspecified atom stereocenters. The van der Waals surface area contributed by atoms with Crippen LogP contribution in [0.1, 0.15) is 73.1 Å². The zero-order valence-corrected chi connectivity index (χ0v) is 16.7. The van der Waals surface area contributed by atoms with Crippen molar-refractivity contribution < 1.29 is 14.6 Å². The predicted octanol–water partition coefficient (Wildman–Crippen LogP) is 5.04. The van der Waals surface area contributed by atoms with Crippen molar-refractivity contribution in [1.29, 1.82) is 0 Å². The number of rotatable bonds is 5. The Kier molecular flexibility index (Phi) is 5.59. The van der Waals surface area contributed by atoms with Crippen molar-refractivity contribution in [2.45, 2.75) is 84.8 Å². The molecule has 2 rings (SSSR count). The van der Waals surface area contributed by atoms with Gasteiger partial charge in [0.25, 0.3) is 0 Å². The van der Waals surface area contributed by atoms with Crippen LogP contribution in [-0.4, -0.2) is 22.8 Å². The Bertz CT molecular complexity index is 545. The molecule has 25 heavy (non-hydrogen) atoms. The molecule has 0 aromatic carbocycles. The molecule has 2 aliphatic rings. The Morgan fingerprint density at radius 2 is 2.04 bits per heavy atom. The van der Waals surface area contributed by atoms with Crippen LogP contribution in [0, 0.1) is 22.7 Å². The van der Waals surface area contributed by atoms with Gasteiger partial charge in [-0.15, -0.1) is 6.58 Å². The van der Waals surface area contributed by atoms with Gasteiger partial charge in [0.15, 0.2) is 0 Å². The molecule has 2 aliphatic carbocycles. The number of hydrogen-bond donors (Lipinski definition) is 1. The van der Waals surface area contributed by atoms with Gasteiger partial charge in [0.1, 0.15) is 6.10 Å². The fourth-order valence-electron chi connectivity index (χ4n) is 5.64. The van der Waals surface area contributed by atoms with Crippen molar-refractivity contribution in [2.24, 2.45) is 22.7 Å². The third-order valence-corrected chi connectivity index (χ3v) is 7.20. The minimum Gasteiger partial charge on any atom is -0.462 e. The minimum absolute atomic E-state index is 0.00799. The van der Waals surface area contributed by atoms with Crippen LogP contribution in [0.4, 0.5) is 0 Å². The summed E-state index contributed by atoms with van der Waals surface area (Å²) in [4.78, 5) is 11.5. The van der Waals surface area contributed by atoms with Gasteiger partial charge in [-0.3, -0.25) is 4.79 Å². The van der Waals surface area contributed by atoms with Crippen molar-refractivity contribution in [3.05, 3.63) is 24.8 Å². The van der Waals surface area contributed by atoms with Crippen LogP contribution in [-0.2, 0) is 9.53 Å². The van der Waals surface area contributed by atoms with Crippen LogP contribution in [0.3, 0.4) is 0 Å². The van der Waals surface area contributed by atoms with E-state index >= 15 is 0 Å². The summed E-state index contributed by atoms with van der Waals surface area (Å²) in [5.41, 5.74) is 0.597. The smallest absolute Gasteiger partial charge is 0.302 e. The molecule has 0 radical (unpaired) electrons. The van der Waals surface area contributed by atoms with Crippen LogP contribution in [0.2, 0.25) is 0 Å². The molecule has 2 saturated carbocycles. The van der Waals surface area contributed by atoms with E-state index in [1.165, 1.54) is 12.5 Å². The number of esters is 1. The second-order valence-electron chi connectivity index (χ2n) is 9.37. The Hall–Kier alpha value is -1.09. The van der Waals surface area contributed by atoms with Gasteiger partial charge in [-0.2, -0.15) is 0 Å². The maximum atomic E-state index is 11.5. The molecule has 3 nitrogen and oxygen atoms in total. The molecule has 0 amide bonds. The number of carbonyl (C=O) groups is 1. The minimum atomic E-state index is -0.825. The molecular formula is C22H36O3. The van der Waals surface area contributed by atoms with Crippen molar-refractivity contribution in [2.75, 3.05) is 0 Å². The van der Waals surface area contributed by atoms with Gasteiger partial charge in [-0.1, -0.05) is 39.0 Å². The van der Waals surface area contributed by atoms with Crippen LogP contribution in [0.5, 0.6) is 0 Å². The van der Waals surface area contributed by atoms with Gasteiger partial charge in [-0.05, 0) is 62.7 Å². The molecule has 0 aliphatic heterocycles. The fourth-order valence-corrected chi connectivity index (χ4v) is 5.64. The summed E-state index contributed by atoms with van der Waals surface area (Å²) in [5, 5.41) is 10.4. The first-order valence-corrected chi connectivity index (χ1v) is 9.65. The molecule has 0 aromatic rings. The molecule has 3 heteroatoms. The fraction of sp³-hybridized carbons (Fsp3) is 0.773. The third-order valence-electron chi connectivity index (χ3n) is 7.20. The van der Waals surface area contributed by atoms with E-state index in [2.05, 4.69) is 33.9 Å². The monoisotopic (exact) mass is 348 g/mol. The summed E-state index contributed by atoms with van der Waals surface area (Å²) in [5.74, 6) is 0.706. The molecule has 0 aromatic heterocycles. The highest BCUT2D eigenvalue weighted by molar-refractivity contribution is 5.66. The SMILES string of the molecule is C=C[C@](C)(O)CC[C@H]1C(=C)CC[C@H]2C(C)(C)[C@@H](OC(C)=O)CC[C@]12C. The zero-order chi connectivity index (χ0) is 19.0. The number of carbonyl (C=O) groups excluding carboxylic acids is 1. The highest BCUT2D eigenvalue weighted by Crippen LogP contribution is 2.62. The number of allylic oxidation sites excluding steroid dienone is 1. The predicted molar refractivity (Wildman–Crippen MR) is 102 cm³/mol. The molecule has 0 bridgehead atoms. The molecule has 1 N–H and O–H groups in total. The lowest BCUT2D eigenvalue weighted by Crippen LogP contribution is -2.55. The average molecular weight is 349 g/mol. The normalized spacial score (nSPS) is 36.9. The Balaban J connectivity index is 2.26. The maximum Gasteiger partial charge on any atom is 0.302 e.